The predicted octanol–water partition coefficient (Wildman–Crippen LogP) is 2.08. The zero-order valence-electron chi connectivity index (χ0n) is 11.9. The van der Waals surface area contributed by atoms with Crippen molar-refractivity contribution in [1.29, 1.82) is 0 Å². The topological polar surface area (TPSA) is 78.6 Å². The lowest BCUT2D eigenvalue weighted by Crippen LogP contribution is -2.30. The lowest BCUT2D eigenvalue weighted by atomic mass is 10.1. The Bertz CT molecular complexity index is 713. The first-order valence-electron chi connectivity index (χ1n) is 7.03. The molecule has 0 saturated carbocycles. The highest BCUT2D eigenvalue weighted by atomic mass is 16.4. The summed E-state index contributed by atoms with van der Waals surface area (Å²) in [5.74, 6) is -0.939. The van der Waals surface area contributed by atoms with Gasteiger partial charge in [-0.05, 0) is 29.8 Å². The van der Waals surface area contributed by atoms with Crippen LogP contribution < -0.4 is 16.2 Å². The quantitative estimate of drug-likeness (QED) is 0.808. The Hall–Kier alpha value is -2.79. The summed E-state index contributed by atoms with van der Waals surface area (Å²) in [6, 6.07) is 16.6. The molecule has 0 amide bonds. The molecule has 1 fully saturated rings. The van der Waals surface area contributed by atoms with E-state index in [0.29, 0.717) is 6.54 Å². The fourth-order valence-electron chi connectivity index (χ4n) is 2.42. The smallest absolute Gasteiger partial charge is 0.335 e. The third kappa shape index (κ3) is 2.94. The Morgan fingerprint density at radius 3 is 2.73 bits per heavy atom. The van der Waals surface area contributed by atoms with E-state index in [1.165, 1.54) is 0 Å². The number of hydrazine groups is 1. The van der Waals surface area contributed by atoms with E-state index in [-0.39, 0.29) is 11.6 Å². The second-order valence-corrected chi connectivity index (χ2v) is 5.19. The Balaban J connectivity index is 1.83. The van der Waals surface area contributed by atoms with Crippen LogP contribution in [0.25, 0.3) is 6.08 Å². The molecule has 1 aliphatic rings. The molecule has 2 aromatic rings. The molecule has 5 nitrogen and oxygen atoms in total. The minimum Gasteiger partial charge on any atom is -0.478 e. The van der Waals surface area contributed by atoms with Crippen molar-refractivity contribution in [3.63, 3.8) is 0 Å². The van der Waals surface area contributed by atoms with Gasteiger partial charge < -0.3 is 16.3 Å². The minimum absolute atomic E-state index is 0.145. The average Bonchev–Trinajstić information content (AvgIpc) is 2.89. The van der Waals surface area contributed by atoms with Gasteiger partial charge >= 0.3 is 5.97 Å². The van der Waals surface area contributed by atoms with Gasteiger partial charge in [0.05, 0.1) is 29.5 Å². The molecule has 1 saturated heterocycles. The van der Waals surface area contributed by atoms with Crippen LogP contribution in [0.5, 0.6) is 0 Å². The third-order valence-corrected chi connectivity index (χ3v) is 3.57. The summed E-state index contributed by atoms with van der Waals surface area (Å²) in [5.41, 5.74) is 12.4. The van der Waals surface area contributed by atoms with Crippen LogP contribution in [0.3, 0.4) is 0 Å². The van der Waals surface area contributed by atoms with E-state index in [1.807, 2.05) is 47.5 Å². The number of benzene rings is 2. The van der Waals surface area contributed by atoms with Gasteiger partial charge in [-0.25, -0.2) is 4.79 Å². The van der Waals surface area contributed by atoms with Crippen molar-refractivity contribution in [1.82, 2.24) is 5.43 Å². The van der Waals surface area contributed by atoms with Gasteiger partial charge in [0.2, 0.25) is 0 Å². The molecule has 1 heterocycles. The van der Waals surface area contributed by atoms with Gasteiger partial charge in [-0.2, -0.15) is 0 Å². The Morgan fingerprint density at radius 2 is 2.00 bits per heavy atom. The zero-order chi connectivity index (χ0) is 15.5. The molecule has 1 atom stereocenters. The van der Waals surface area contributed by atoms with Gasteiger partial charge in [-0.1, -0.05) is 36.4 Å². The van der Waals surface area contributed by atoms with Gasteiger partial charge in [0.1, 0.15) is 0 Å². The SMILES string of the molecule is NC1CN(c2cccc(C(=O)O)c2)NC1=Cc1ccccc1. The van der Waals surface area contributed by atoms with E-state index >= 15 is 0 Å². The van der Waals surface area contributed by atoms with Gasteiger partial charge in [-0.15, -0.1) is 0 Å². The fraction of sp³-hybridized carbons (Fsp3) is 0.118. The molecule has 112 valence electrons. The van der Waals surface area contributed by atoms with Gasteiger partial charge in [-0.3, -0.25) is 5.01 Å². The molecule has 22 heavy (non-hydrogen) atoms. The van der Waals surface area contributed by atoms with Crippen LogP contribution in [0.15, 0.2) is 60.3 Å². The Labute approximate surface area is 128 Å². The van der Waals surface area contributed by atoms with Gasteiger partial charge in [0.15, 0.2) is 0 Å². The molecule has 0 aromatic heterocycles. The van der Waals surface area contributed by atoms with Crippen molar-refractivity contribution >= 4 is 17.7 Å². The molecule has 0 aliphatic carbocycles. The molecular weight excluding hydrogens is 278 g/mol. The van der Waals surface area contributed by atoms with Crippen LogP contribution in [0.1, 0.15) is 15.9 Å². The normalized spacial score (nSPS) is 19.2. The first kappa shape index (κ1) is 14.2. The number of rotatable bonds is 3. The number of nitrogens with zero attached hydrogens (tertiary/aromatic N) is 1. The van der Waals surface area contributed by atoms with Crippen molar-refractivity contribution in [2.24, 2.45) is 5.73 Å². The van der Waals surface area contributed by atoms with E-state index in [1.54, 1.807) is 18.2 Å². The summed E-state index contributed by atoms with van der Waals surface area (Å²) in [6.07, 6.45) is 2.01. The number of nitrogens with one attached hydrogen (secondary N) is 1. The Kier molecular flexibility index (Phi) is 3.80. The highest BCUT2D eigenvalue weighted by Crippen LogP contribution is 2.21. The van der Waals surface area contributed by atoms with E-state index in [2.05, 4.69) is 5.43 Å². The minimum atomic E-state index is -0.939. The summed E-state index contributed by atoms with van der Waals surface area (Å²) in [6.45, 7) is 0.585. The van der Waals surface area contributed by atoms with E-state index in [0.717, 1.165) is 16.9 Å². The molecular formula is C17H17N3O2. The third-order valence-electron chi connectivity index (χ3n) is 3.57. The van der Waals surface area contributed by atoms with Gasteiger partial charge in [0.25, 0.3) is 0 Å². The fourth-order valence-corrected chi connectivity index (χ4v) is 2.42. The van der Waals surface area contributed by atoms with Crippen LogP contribution in [0, 0.1) is 0 Å². The van der Waals surface area contributed by atoms with Crippen LogP contribution in [-0.4, -0.2) is 23.7 Å². The standard InChI is InChI=1S/C17H17N3O2/c18-15-11-20(14-8-4-7-13(10-14)17(21)22)19-16(15)9-12-5-2-1-3-6-12/h1-10,15,19H,11,18H2,(H,21,22). The number of hydrogen-bond donors (Lipinski definition) is 3. The largest absolute Gasteiger partial charge is 0.478 e. The van der Waals surface area contributed by atoms with Crippen LogP contribution in [0.4, 0.5) is 5.69 Å². The number of carbonyl (C=O) groups is 1. The van der Waals surface area contributed by atoms with Crippen molar-refractivity contribution in [3.8, 4) is 0 Å². The molecule has 3 rings (SSSR count). The molecule has 0 radical (unpaired) electrons. The maximum absolute atomic E-state index is 11.1. The zero-order valence-corrected chi connectivity index (χ0v) is 11.9. The lowest BCUT2D eigenvalue weighted by Gasteiger charge is -2.18. The van der Waals surface area contributed by atoms with E-state index in [4.69, 9.17) is 10.8 Å². The summed E-state index contributed by atoms with van der Waals surface area (Å²) >= 11 is 0. The monoisotopic (exact) mass is 295 g/mol. The molecule has 0 bridgehead atoms. The van der Waals surface area contributed by atoms with Crippen molar-refractivity contribution < 1.29 is 9.90 Å². The second-order valence-electron chi connectivity index (χ2n) is 5.19. The molecule has 2 aromatic carbocycles. The summed E-state index contributed by atoms with van der Waals surface area (Å²) in [4.78, 5) is 11.1. The number of aromatic carboxylic acids is 1. The van der Waals surface area contributed by atoms with E-state index in [9.17, 15) is 4.79 Å². The van der Waals surface area contributed by atoms with Crippen molar-refractivity contribution in [3.05, 3.63) is 71.4 Å². The van der Waals surface area contributed by atoms with Crippen molar-refractivity contribution in [2.75, 3.05) is 11.6 Å². The molecule has 5 heteroatoms. The van der Waals surface area contributed by atoms with Crippen LogP contribution in [-0.2, 0) is 0 Å². The summed E-state index contributed by atoms with van der Waals surface area (Å²) < 4.78 is 0. The number of hydrogen-bond acceptors (Lipinski definition) is 4. The van der Waals surface area contributed by atoms with Crippen LogP contribution in [0.2, 0.25) is 0 Å². The summed E-state index contributed by atoms with van der Waals surface area (Å²) in [7, 11) is 0. The summed E-state index contributed by atoms with van der Waals surface area (Å²) in [5, 5.41) is 10.9. The average molecular weight is 295 g/mol. The highest BCUT2D eigenvalue weighted by Gasteiger charge is 2.24. The Morgan fingerprint density at radius 1 is 1.23 bits per heavy atom. The number of carboxylic acid groups (broad SMARTS) is 1. The van der Waals surface area contributed by atoms with E-state index < -0.39 is 5.97 Å². The predicted molar refractivity (Wildman–Crippen MR) is 86.3 cm³/mol. The first-order chi connectivity index (χ1) is 10.6. The van der Waals surface area contributed by atoms with Crippen LogP contribution >= 0.6 is 0 Å². The molecule has 1 unspecified atom stereocenters. The number of carboxylic acids is 1. The maximum Gasteiger partial charge on any atom is 0.335 e. The number of anilines is 1. The van der Waals surface area contributed by atoms with Gasteiger partial charge in [0, 0.05) is 0 Å². The van der Waals surface area contributed by atoms with Crippen molar-refractivity contribution in [2.45, 2.75) is 6.04 Å². The first-order valence-corrected chi connectivity index (χ1v) is 7.03. The molecule has 1 aliphatic heterocycles. The second kappa shape index (κ2) is 5.91. The lowest BCUT2D eigenvalue weighted by molar-refractivity contribution is 0.0697. The molecule has 0 spiro atoms. The molecule has 4 N–H and O–H groups in total. The highest BCUT2D eigenvalue weighted by molar-refractivity contribution is 5.88. The maximum atomic E-state index is 11.1. The number of nitrogens with two attached hydrogens (primary N) is 1.